The Hall–Kier alpha value is -10.6. The normalized spacial score (nSPS) is 23.3. The van der Waals surface area contributed by atoms with E-state index in [4.69, 9.17) is 47.1 Å². The number of hydrogen-bond acceptors (Lipinski definition) is 14. The summed E-state index contributed by atoms with van der Waals surface area (Å²) in [5.74, 6) is 4.90. The van der Waals surface area contributed by atoms with Gasteiger partial charge in [-0.2, -0.15) is 0 Å². The van der Waals surface area contributed by atoms with E-state index >= 15 is 0 Å². The molecule has 456 valence electrons. The first kappa shape index (κ1) is 53.2. The number of para-hydroxylation sites is 2. The Morgan fingerprint density at radius 2 is 0.946 bits per heavy atom. The van der Waals surface area contributed by atoms with Crippen LogP contribution < -0.4 is 30.7 Å². The third kappa shape index (κ3) is 6.92. The van der Waals surface area contributed by atoms with Gasteiger partial charge in [0.15, 0.2) is 46.9 Å². The van der Waals surface area contributed by atoms with E-state index in [1.807, 2.05) is 38.4 Å². The van der Waals surface area contributed by atoms with Crippen molar-refractivity contribution in [3.8, 4) is 79.6 Å². The lowest BCUT2D eigenvalue weighted by Gasteiger charge is -2.28. The quantitative estimate of drug-likeness (QED) is 0.0945. The monoisotopic (exact) mass is 1220 g/mol. The Labute approximate surface area is 527 Å². The van der Waals surface area contributed by atoms with E-state index in [1.54, 1.807) is 12.4 Å². The predicted octanol–water partition coefficient (Wildman–Crippen LogP) is 14.5. The summed E-state index contributed by atoms with van der Waals surface area (Å²) in [6.07, 6.45) is 7.63. The van der Waals surface area contributed by atoms with Crippen molar-refractivity contribution in [2.75, 3.05) is 10.6 Å². The molecule has 18 nitrogen and oxygen atoms in total. The molecule has 8 aliphatic rings. The number of benzene rings is 6. The molecular weight excluding hydrogens is 1160 g/mol. The van der Waals surface area contributed by atoms with Crippen molar-refractivity contribution >= 4 is 45.0 Å². The van der Waals surface area contributed by atoms with E-state index in [9.17, 15) is 9.59 Å². The average molecular weight is 1220 g/mol. The van der Waals surface area contributed by atoms with Gasteiger partial charge in [-0.15, -0.1) is 0 Å². The molecule has 20 bridgehead atoms. The summed E-state index contributed by atoms with van der Waals surface area (Å²) in [6, 6.07) is 33.1. The van der Waals surface area contributed by atoms with Gasteiger partial charge in [0.25, 0.3) is 0 Å². The summed E-state index contributed by atoms with van der Waals surface area (Å²) in [6.45, 7) is 16.4. The van der Waals surface area contributed by atoms with Gasteiger partial charge in [-0.3, -0.25) is 9.59 Å². The number of fused-ring (bicyclic) bond motifs is 14. The Morgan fingerprint density at radius 3 is 1.38 bits per heavy atom. The molecule has 18 heteroatoms. The highest BCUT2D eigenvalue weighted by atomic mass is 16.5. The van der Waals surface area contributed by atoms with E-state index in [2.05, 4.69) is 158 Å². The number of amides is 2. The van der Waals surface area contributed by atoms with Gasteiger partial charge in [0, 0.05) is 102 Å². The number of H-pyrrole nitrogens is 2. The van der Waals surface area contributed by atoms with Crippen molar-refractivity contribution < 1.29 is 36.7 Å². The van der Waals surface area contributed by atoms with Crippen molar-refractivity contribution in [2.24, 2.45) is 23.7 Å². The van der Waals surface area contributed by atoms with Gasteiger partial charge in [0.05, 0.1) is 12.4 Å². The first-order valence-electron chi connectivity index (χ1n) is 31.8. The summed E-state index contributed by atoms with van der Waals surface area (Å²) in [4.78, 5) is 54.0. The Kier molecular flexibility index (Phi) is 10.7. The summed E-state index contributed by atoms with van der Waals surface area (Å²) in [5, 5.41) is 16.3. The lowest BCUT2D eigenvalue weighted by Crippen LogP contribution is -2.40. The molecule has 8 atom stereocenters. The minimum absolute atomic E-state index is 0.00799. The number of aromatic amines is 2. The van der Waals surface area contributed by atoms with Crippen LogP contribution in [0.4, 0.5) is 11.4 Å². The fourth-order valence-electron chi connectivity index (χ4n) is 16.2. The van der Waals surface area contributed by atoms with Crippen LogP contribution in [0.15, 0.2) is 140 Å². The van der Waals surface area contributed by atoms with Crippen LogP contribution >= 0.6 is 0 Å². The number of oxazole rings is 4. The highest BCUT2D eigenvalue weighted by Crippen LogP contribution is 2.64. The predicted molar refractivity (Wildman–Crippen MR) is 345 cm³/mol. The van der Waals surface area contributed by atoms with Gasteiger partial charge in [0.1, 0.15) is 34.4 Å². The van der Waals surface area contributed by atoms with Crippen molar-refractivity contribution in [1.29, 1.82) is 0 Å². The number of nitrogens with one attached hydrogen (secondary N) is 6. The number of ether oxygens (including phenoxy) is 2. The maximum atomic E-state index is 13.5. The Morgan fingerprint density at radius 1 is 0.500 bits per heavy atom. The SMILES string of the molecule is Cc1ccc2c3c(c[nH]c13)-c1cnc(o1)-c1nc3oc1[C@]14c5cc(ccc5OC1Nc1c-2cccc14)C[C@H](C)C(=O)NC3C(C)C.Cc1ccc2c3c(c[nH]c13)-c1cnc(o1)-c1nc3oc1[C@]14c5cc(ccc5OC1Nc1c-2cccc14)C[C@H](C)C(=O)NC3C(C)C. The molecule has 6 N–H and O–H groups in total. The molecule has 0 aliphatic carbocycles. The minimum atomic E-state index is -0.913. The molecule has 0 radical (unpaired) electrons. The lowest BCUT2D eigenvalue weighted by molar-refractivity contribution is -0.126. The summed E-state index contributed by atoms with van der Waals surface area (Å²) in [7, 11) is 0. The van der Waals surface area contributed by atoms with Crippen molar-refractivity contribution in [1.82, 2.24) is 40.5 Å². The van der Waals surface area contributed by atoms with E-state index in [0.29, 0.717) is 70.8 Å². The van der Waals surface area contributed by atoms with E-state index < -0.39 is 35.4 Å². The van der Waals surface area contributed by atoms with E-state index in [-0.39, 0.29) is 35.5 Å². The molecule has 8 aliphatic heterocycles. The van der Waals surface area contributed by atoms with Crippen molar-refractivity contribution in [2.45, 2.75) is 104 Å². The second-order valence-electron chi connectivity index (χ2n) is 27.0. The average Bonchev–Trinajstić information content (AvgIpc) is 1.53. The molecule has 6 aromatic carbocycles. The molecule has 4 unspecified atom stereocenters. The fourth-order valence-corrected chi connectivity index (χ4v) is 16.2. The van der Waals surface area contributed by atoms with E-state index in [1.165, 1.54) is 0 Å². The zero-order chi connectivity index (χ0) is 62.1. The lowest BCUT2D eigenvalue weighted by atomic mass is 9.72. The number of aromatic nitrogens is 6. The molecule has 14 heterocycles. The van der Waals surface area contributed by atoms with E-state index in [0.717, 1.165) is 123 Å². The van der Waals surface area contributed by atoms with Crippen molar-refractivity contribution in [3.63, 3.8) is 0 Å². The Bertz CT molecular complexity index is 4910. The van der Waals surface area contributed by atoms with Crippen LogP contribution in [0, 0.1) is 37.5 Å². The van der Waals surface area contributed by atoms with Crippen LogP contribution in [0.1, 0.15) is 121 Å². The zero-order valence-corrected chi connectivity index (χ0v) is 51.6. The number of carbonyl (C=O) groups is 2. The van der Waals surface area contributed by atoms with Gasteiger partial charge in [-0.1, -0.05) is 126 Å². The largest absolute Gasteiger partial charge is 0.469 e. The van der Waals surface area contributed by atoms with Crippen LogP contribution in [-0.4, -0.2) is 54.2 Å². The second kappa shape index (κ2) is 18.5. The first-order valence-corrected chi connectivity index (χ1v) is 31.8. The molecule has 12 aromatic rings. The topological polar surface area (TPSA) is 236 Å². The number of carbonyl (C=O) groups excluding carboxylic acids is 2. The third-order valence-corrected chi connectivity index (χ3v) is 20.8. The number of aryl methyl sites for hydroxylation is 2. The summed E-state index contributed by atoms with van der Waals surface area (Å²) in [5.41, 5.74) is 17.7. The number of rotatable bonds is 2. The van der Waals surface area contributed by atoms with Gasteiger partial charge < -0.3 is 58.4 Å². The molecule has 6 aromatic heterocycles. The molecular formula is C74H62N10O8. The summed E-state index contributed by atoms with van der Waals surface area (Å²) >= 11 is 0. The second-order valence-corrected chi connectivity index (χ2v) is 27.0. The van der Waals surface area contributed by atoms with Gasteiger partial charge in [-0.05, 0) is 84.0 Å². The number of nitrogens with zero attached hydrogens (tertiary/aromatic N) is 4. The fraction of sp³-hybridized carbons (Fsp3) is 0.270. The zero-order valence-electron chi connectivity index (χ0n) is 51.6. The first-order chi connectivity index (χ1) is 44.6. The molecule has 0 saturated carbocycles. The standard InChI is InChI=1S/2C37H31N5O4/c2*1-16(2)28-35-41-31-32(46-35)37-23-7-5-6-21(20-10-8-17(3)29-27(20)22(14-38-29)26-15-39-34(31)44-26)30(23)42-36(37)45-25-11-9-19(13-24(25)37)12-18(4)33(43)40-28/h2*5-11,13-16,18,28,36,38,42H,12H2,1-4H3,(H,40,43)/t2*18-,28?,36?,37-/m00/s1. The number of hydrogen-bond donors (Lipinski definition) is 6. The molecule has 0 fully saturated rings. The van der Waals surface area contributed by atoms with Crippen LogP contribution in [-0.2, 0) is 33.3 Å². The van der Waals surface area contributed by atoms with Crippen LogP contribution in [0.25, 0.3) is 89.9 Å². The van der Waals surface area contributed by atoms with Crippen molar-refractivity contribution in [3.05, 3.63) is 190 Å². The van der Waals surface area contributed by atoms with Crippen LogP contribution in [0.5, 0.6) is 11.5 Å². The van der Waals surface area contributed by atoms with Gasteiger partial charge in [-0.25, -0.2) is 19.9 Å². The maximum absolute atomic E-state index is 13.5. The third-order valence-electron chi connectivity index (χ3n) is 20.8. The molecule has 92 heavy (non-hydrogen) atoms. The highest BCUT2D eigenvalue weighted by molar-refractivity contribution is 6.10. The highest BCUT2D eigenvalue weighted by Gasteiger charge is 2.63. The number of anilines is 2. The van der Waals surface area contributed by atoms with Gasteiger partial charge >= 0.3 is 0 Å². The Balaban J connectivity index is 0.000000132. The molecule has 0 saturated heterocycles. The van der Waals surface area contributed by atoms with Crippen LogP contribution in [0.2, 0.25) is 0 Å². The molecule has 2 spiro atoms. The van der Waals surface area contributed by atoms with Crippen LogP contribution in [0.3, 0.4) is 0 Å². The van der Waals surface area contributed by atoms with Gasteiger partial charge in [0.2, 0.25) is 35.4 Å². The maximum Gasteiger partial charge on any atom is 0.249 e. The smallest absolute Gasteiger partial charge is 0.249 e. The molecule has 20 rings (SSSR count). The molecule has 2 amide bonds. The minimum Gasteiger partial charge on any atom is -0.469 e. The summed E-state index contributed by atoms with van der Waals surface area (Å²) < 4.78 is 40.8.